The zero-order valence-electron chi connectivity index (χ0n) is 9.57. The predicted molar refractivity (Wildman–Crippen MR) is 67.3 cm³/mol. The van der Waals surface area contributed by atoms with Crippen molar-refractivity contribution >= 4 is 23.5 Å². The largest absolute Gasteiger partial charge is 0.368 e. The molecule has 0 unspecified atom stereocenters. The maximum atomic E-state index is 12.3. The monoisotopic (exact) mass is 296 g/mol. The molecule has 0 aromatic rings. The molecular weight excluding hydrogens is 279 g/mol. The van der Waals surface area contributed by atoms with Crippen LogP contribution in [0.25, 0.3) is 0 Å². The lowest BCUT2D eigenvalue weighted by Crippen LogP contribution is -2.07. The molecule has 0 atom stereocenters. The van der Waals surface area contributed by atoms with Crippen LogP contribution in [0.4, 0.5) is 0 Å². The first-order valence-corrected chi connectivity index (χ1v) is 7.11. The van der Waals surface area contributed by atoms with Crippen molar-refractivity contribution in [3.63, 3.8) is 0 Å². The Labute approximate surface area is 100 Å². The summed E-state index contributed by atoms with van der Waals surface area (Å²) in [6, 6.07) is 0. The Morgan fingerprint density at radius 1 is 1.27 bits per heavy atom. The van der Waals surface area contributed by atoms with Gasteiger partial charge in [0.1, 0.15) is 4.22 Å². The van der Waals surface area contributed by atoms with E-state index in [2.05, 4.69) is 22.5 Å². The molecule has 88 valence electrons. The maximum Gasteiger partial charge on any atom is 0.368 e. The Kier molecular flexibility index (Phi) is 6.69. The SMILES string of the molecule is C=C/C=C(\Br)P(=O)(OC(C)C)OC(C)C. The normalized spacial score (nSPS) is 13.7. The molecule has 0 aliphatic rings. The van der Waals surface area contributed by atoms with Crippen LogP contribution >= 0.6 is 23.5 Å². The van der Waals surface area contributed by atoms with Gasteiger partial charge in [0.05, 0.1) is 12.2 Å². The van der Waals surface area contributed by atoms with Gasteiger partial charge in [-0.1, -0.05) is 12.7 Å². The summed E-state index contributed by atoms with van der Waals surface area (Å²) in [5.74, 6) is 0. The molecule has 0 heterocycles. The molecule has 0 aliphatic heterocycles. The first-order chi connectivity index (χ1) is 6.81. The number of hydrogen-bond donors (Lipinski definition) is 0. The third kappa shape index (κ3) is 5.67. The zero-order valence-corrected chi connectivity index (χ0v) is 12.0. The van der Waals surface area contributed by atoms with E-state index in [9.17, 15) is 4.57 Å². The standard InChI is InChI=1S/C10H18BrO3P/c1-6-7-10(11)15(12,13-8(2)3)14-9(4)5/h6-9H,1H2,2-5H3/b10-7+. The van der Waals surface area contributed by atoms with Gasteiger partial charge in [0.25, 0.3) is 0 Å². The van der Waals surface area contributed by atoms with E-state index in [-0.39, 0.29) is 12.2 Å². The van der Waals surface area contributed by atoms with Crippen LogP contribution in [0, 0.1) is 0 Å². The van der Waals surface area contributed by atoms with Gasteiger partial charge >= 0.3 is 7.60 Å². The highest BCUT2D eigenvalue weighted by Gasteiger charge is 2.30. The highest BCUT2D eigenvalue weighted by Crippen LogP contribution is 2.60. The van der Waals surface area contributed by atoms with E-state index in [4.69, 9.17) is 9.05 Å². The van der Waals surface area contributed by atoms with Gasteiger partial charge in [-0.05, 0) is 49.7 Å². The fourth-order valence-electron chi connectivity index (χ4n) is 0.869. The number of allylic oxidation sites excluding steroid dienone is 2. The van der Waals surface area contributed by atoms with Crippen molar-refractivity contribution in [1.29, 1.82) is 0 Å². The molecule has 15 heavy (non-hydrogen) atoms. The average Bonchev–Trinajstić information content (AvgIpc) is 2.01. The van der Waals surface area contributed by atoms with Crippen molar-refractivity contribution in [2.24, 2.45) is 0 Å². The van der Waals surface area contributed by atoms with Crippen LogP contribution in [0.15, 0.2) is 23.0 Å². The lowest BCUT2D eigenvalue weighted by atomic mass is 10.5. The first-order valence-electron chi connectivity index (χ1n) is 4.77. The summed E-state index contributed by atoms with van der Waals surface area (Å²) >= 11 is 3.19. The van der Waals surface area contributed by atoms with Crippen LogP contribution < -0.4 is 0 Å². The molecule has 0 saturated carbocycles. The Bertz CT molecular complexity index is 270. The molecule has 0 amide bonds. The minimum absolute atomic E-state index is 0.166. The molecular formula is C10H18BrO3P. The van der Waals surface area contributed by atoms with Gasteiger partial charge in [-0.15, -0.1) is 0 Å². The van der Waals surface area contributed by atoms with Gasteiger partial charge in [0.2, 0.25) is 0 Å². The van der Waals surface area contributed by atoms with Gasteiger partial charge in [0.15, 0.2) is 0 Å². The first kappa shape index (κ1) is 15.1. The lowest BCUT2D eigenvalue weighted by molar-refractivity contribution is 0.149. The van der Waals surface area contributed by atoms with E-state index in [1.165, 1.54) is 6.08 Å². The van der Waals surface area contributed by atoms with Crippen LogP contribution in [-0.4, -0.2) is 12.2 Å². The summed E-state index contributed by atoms with van der Waals surface area (Å²) in [6.07, 6.45) is 2.77. The molecule has 3 nitrogen and oxygen atoms in total. The average molecular weight is 297 g/mol. The van der Waals surface area contributed by atoms with E-state index in [0.29, 0.717) is 4.22 Å². The lowest BCUT2D eigenvalue weighted by Gasteiger charge is -2.22. The molecule has 0 fully saturated rings. The number of rotatable bonds is 6. The van der Waals surface area contributed by atoms with E-state index in [0.717, 1.165) is 0 Å². The topological polar surface area (TPSA) is 35.5 Å². The molecule has 0 rings (SSSR count). The molecule has 0 saturated heterocycles. The Balaban J connectivity index is 4.93. The summed E-state index contributed by atoms with van der Waals surface area (Å²) in [4.78, 5) is 0. The van der Waals surface area contributed by atoms with Crippen molar-refractivity contribution in [3.8, 4) is 0 Å². The van der Waals surface area contributed by atoms with Crippen molar-refractivity contribution in [1.82, 2.24) is 0 Å². The van der Waals surface area contributed by atoms with Crippen molar-refractivity contribution in [3.05, 3.63) is 23.0 Å². The van der Waals surface area contributed by atoms with Gasteiger partial charge in [-0.2, -0.15) is 0 Å². The summed E-state index contributed by atoms with van der Waals surface area (Å²) in [5.41, 5.74) is 0. The maximum absolute atomic E-state index is 12.3. The fraction of sp³-hybridized carbons (Fsp3) is 0.600. The van der Waals surface area contributed by atoms with Gasteiger partial charge < -0.3 is 9.05 Å². The van der Waals surface area contributed by atoms with E-state index in [1.807, 2.05) is 27.7 Å². The summed E-state index contributed by atoms with van der Waals surface area (Å²) < 4.78 is 23.4. The molecule has 0 aromatic heterocycles. The van der Waals surface area contributed by atoms with E-state index >= 15 is 0 Å². The number of hydrogen-bond acceptors (Lipinski definition) is 3. The van der Waals surface area contributed by atoms with Crippen LogP contribution in [-0.2, 0) is 13.6 Å². The molecule has 0 aliphatic carbocycles. The quantitative estimate of drug-likeness (QED) is 0.536. The Morgan fingerprint density at radius 3 is 1.93 bits per heavy atom. The fourth-order valence-corrected chi connectivity index (χ4v) is 3.21. The number of halogens is 1. The third-order valence-electron chi connectivity index (χ3n) is 1.22. The molecule has 0 radical (unpaired) electrons. The van der Waals surface area contributed by atoms with Gasteiger partial charge in [-0.25, -0.2) is 0 Å². The van der Waals surface area contributed by atoms with Crippen LogP contribution in [0.3, 0.4) is 0 Å². The predicted octanol–water partition coefficient (Wildman–Crippen LogP) is 4.45. The van der Waals surface area contributed by atoms with Crippen molar-refractivity contribution in [2.45, 2.75) is 39.9 Å². The molecule has 0 N–H and O–H groups in total. The summed E-state index contributed by atoms with van der Waals surface area (Å²) in [5, 5.41) is 0. The molecule has 0 aromatic carbocycles. The van der Waals surface area contributed by atoms with E-state index < -0.39 is 7.60 Å². The Morgan fingerprint density at radius 2 is 1.67 bits per heavy atom. The third-order valence-corrected chi connectivity index (χ3v) is 4.85. The second-order valence-electron chi connectivity index (χ2n) is 3.53. The second-order valence-corrected chi connectivity index (χ2v) is 6.90. The Hall–Kier alpha value is 0.110. The zero-order chi connectivity index (χ0) is 12.1. The molecule has 5 heteroatoms. The van der Waals surface area contributed by atoms with Gasteiger partial charge in [0, 0.05) is 0 Å². The molecule has 0 bridgehead atoms. The van der Waals surface area contributed by atoms with Crippen molar-refractivity contribution < 1.29 is 13.6 Å². The van der Waals surface area contributed by atoms with Crippen LogP contribution in [0.1, 0.15) is 27.7 Å². The minimum Gasteiger partial charge on any atom is -0.302 e. The smallest absolute Gasteiger partial charge is 0.302 e. The highest BCUT2D eigenvalue weighted by molar-refractivity contribution is 9.13. The van der Waals surface area contributed by atoms with Crippen LogP contribution in [0.2, 0.25) is 0 Å². The highest BCUT2D eigenvalue weighted by atomic mass is 79.9. The minimum atomic E-state index is -3.23. The van der Waals surface area contributed by atoms with Crippen LogP contribution in [0.5, 0.6) is 0 Å². The second kappa shape index (κ2) is 6.64. The summed E-state index contributed by atoms with van der Waals surface area (Å²) in [7, 11) is -3.23. The van der Waals surface area contributed by atoms with Gasteiger partial charge in [-0.3, -0.25) is 4.57 Å². The molecule has 0 spiro atoms. The van der Waals surface area contributed by atoms with Crippen molar-refractivity contribution in [2.75, 3.05) is 0 Å². The van der Waals surface area contributed by atoms with E-state index in [1.54, 1.807) is 6.08 Å². The summed E-state index contributed by atoms with van der Waals surface area (Å²) in [6.45, 7) is 10.8.